The normalized spacial score (nSPS) is 28.3. The molecule has 1 aromatic rings. The molecule has 0 spiro atoms. The van der Waals surface area contributed by atoms with Crippen LogP contribution in [0.4, 0.5) is 10.5 Å². The van der Waals surface area contributed by atoms with E-state index < -0.39 is 6.09 Å². The Morgan fingerprint density at radius 3 is 2.71 bits per heavy atom. The molecule has 6 heteroatoms. The van der Waals surface area contributed by atoms with E-state index in [0.29, 0.717) is 13.1 Å². The first-order chi connectivity index (χ1) is 9.74. The number of fused-ring (bicyclic) bond motifs is 1. The number of anilines is 1. The number of carbonyl (C=O) groups is 1. The molecule has 3 heterocycles. The van der Waals surface area contributed by atoms with Crippen molar-refractivity contribution in [3.63, 3.8) is 0 Å². The number of nitrogens with zero attached hydrogens (tertiary/aromatic N) is 3. The highest BCUT2D eigenvalue weighted by atomic mass is 79.9. The van der Waals surface area contributed by atoms with Crippen molar-refractivity contribution in [1.29, 1.82) is 0 Å². The molecule has 2 saturated heterocycles. The molecule has 114 valence electrons. The van der Waals surface area contributed by atoms with E-state index in [1.165, 1.54) is 0 Å². The Hall–Kier alpha value is -1.30. The van der Waals surface area contributed by atoms with E-state index in [1.807, 2.05) is 12.3 Å². The zero-order valence-electron chi connectivity index (χ0n) is 12.5. The summed E-state index contributed by atoms with van der Waals surface area (Å²) in [5.41, 5.74) is 1.15. The molecule has 1 aromatic heterocycles. The molecular weight excluding hydrogens is 334 g/mol. The average molecular weight is 354 g/mol. The number of carboxylic acid groups (broad SMARTS) is 1. The van der Waals surface area contributed by atoms with E-state index in [9.17, 15) is 9.90 Å². The highest BCUT2D eigenvalue weighted by Gasteiger charge is 2.64. The summed E-state index contributed by atoms with van der Waals surface area (Å²) in [4.78, 5) is 19.4. The first kappa shape index (κ1) is 14.6. The van der Waals surface area contributed by atoms with Crippen LogP contribution in [-0.2, 0) is 0 Å². The first-order valence-electron chi connectivity index (χ1n) is 7.10. The minimum absolute atomic E-state index is 0.0215. The van der Waals surface area contributed by atoms with Crippen LogP contribution in [0.25, 0.3) is 0 Å². The molecular formula is C15H20BrN3O2. The van der Waals surface area contributed by atoms with Gasteiger partial charge in [-0.15, -0.1) is 0 Å². The van der Waals surface area contributed by atoms with Gasteiger partial charge in [0.2, 0.25) is 0 Å². The third-order valence-corrected chi connectivity index (χ3v) is 5.55. The summed E-state index contributed by atoms with van der Waals surface area (Å²) in [6, 6.07) is 2.27. The summed E-state index contributed by atoms with van der Waals surface area (Å²) in [6.45, 7) is 8.70. The van der Waals surface area contributed by atoms with E-state index in [1.54, 1.807) is 11.1 Å². The SMILES string of the molecule is CC(C)(C)[C@]12CN(C(=O)O)C[C@H]1N(c1cncc(Br)c1)C2. The van der Waals surface area contributed by atoms with Gasteiger partial charge >= 0.3 is 6.09 Å². The number of aromatic nitrogens is 1. The first-order valence-corrected chi connectivity index (χ1v) is 7.89. The van der Waals surface area contributed by atoms with Crippen LogP contribution in [0.5, 0.6) is 0 Å². The van der Waals surface area contributed by atoms with Crippen molar-refractivity contribution in [2.24, 2.45) is 10.8 Å². The van der Waals surface area contributed by atoms with Crippen molar-refractivity contribution in [3.8, 4) is 0 Å². The Kier molecular flexibility index (Phi) is 3.20. The average Bonchev–Trinajstić information content (AvgIpc) is 2.64. The van der Waals surface area contributed by atoms with Crippen LogP contribution in [-0.4, -0.2) is 46.8 Å². The third-order valence-electron chi connectivity index (χ3n) is 5.12. The van der Waals surface area contributed by atoms with E-state index >= 15 is 0 Å². The maximum absolute atomic E-state index is 11.4. The van der Waals surface area contributed by atoms with Crippen LogP contribution in [0, 0.1) is 10.8 Å². The van der Waals surface area contributed by atoms with Gasteiger partial charge in [-0.1, -0.05) is 20.8 Å². The van der Waals surface area contributed by atoms with Crippen molar-refractivity contribution in [2.75, 3.05) is 24.5 Å². The van der Waals surface area contributed by atoms with Crippen molar-refractivity contribution in [1.82, 2.24) is 9.88 Å². The van der Waals surface area contributed by atoms with Gasteiger partial charge in [0.05, 0.1) is 17.9 Å². The fourth-order valence-electron chi connectivity index (χ4n) is 3.70. The van der Waals surface area contributed by atoms with Crippen LogP contribution in [0.2, 0.25) is 0 Å². The molecule has 0 radical (unpaired) electrons. The number of amides is 1. The molecule has 0 bridgehead atoms. The second-order valence-corrected chi connectivity index (χ2v) is 7.99. The molecule has 2 aliphatic rings. The maximum atomic E-state index is 11.4. The number of rotatable bonds is 1. The summed E-state index contributed by atoms with van der Waals surface area (Å²) in [5.74, 6) is 0. The van der Waals surface area contributed by atoms with Crippen LogP contribution in [0.3, 0.4) is 0 Å². The van der Waals surface area contributed by atoms with Crippen molar-refractivity contribution >= 4 is 27.7 Å². The molecule has 21 heavy (non-hydrogen) atoms. The molecule has 5 nitrogen and oxygen atoms in total. The Morgan fingerprint density at radius 1 is 1.43 bits per heavy atom. The standard InChI is InChI=1S/C15H20BrN3O2/c1-14(2,3)15-8-18(13(20)21)7-12(15)19(9-15)11-4-10(16)5-17-6-11/h4-6,12H,7-9H2,1-3H3,(H,20,21)/t12-,15+/m1/s1. The fraction of sp³-hybridized carbons (Fsp3) is 0.600. The quantitative estimate of drug-likeness (QED) is 0.842. The smallest absolute Gasteiger partial charge is 0.407 e. The lowest BCUT2D eigenvalue weighted by molar-refractivity contribution is 0.0309. The molecule has 1 N–H and O–H groups in total. The van der Waals surface area contributed by atoms with E-state index in [2.05, 4.69) is 46.6 Å². The molecule has 3 rings (SSSR count). The van der Waals surface area contributed by atoms with Gasteiger partial charge < -0.3 is 14.9 Å². The van der Waals surface area contributed by atoms with Crippen molar-refractivity contribution in [2.45, 2.75) is 26.8 Å². The Balaban J connectivity index is 1.92. The number of halogens is 1. The number of hydrogen-bond acceptors (Lipinski definition) is 3. The van der Waals surface area contributed by atoms with Gasteiger partial charge in [-0.25, -0.2) is 4.79 Å². The van der Waals surface area contributed by atoms with Crippen molar-refractivity contribution < 1.29 is 9.90 Å². The van der Waals surface area contributed by atoms with Gasteiger partial charge in [-0.05, 0) is 27.4 Å². The second kappa shape index (κ2) is 4.60. The lowest BCUT2D eigenvalue weighted by Crippen LogP contribution is -2.69. The monoisotopic (exact) mass is 353 g/mol. The molecule has 2 atom stereocenters. The van der Waals surface area contributed by atoms with Gasteiger partial charge in [0.15, 0.2) is 0 Å². The molecule has 0 aliphatic carbocycles. The Morgan fingerprint density at radius 2 is 2.14 bits per heavy atom. The summed E-state index contributed by atoms with van der Waals surface area (Å²) in [5, 5.41) is 9.35. The van der Waals surface area contributed by atoms with Crippen LogP contribution in [0.1, 0.15) is 20.8 Å². The third kappa shape index (κ3) is 2.11. The Bertz CT molecular complexity index is 587. The Labute approximate surface area is 133 Å². The van der Waals surface area contributed by atoms with E-state index in [4.69, 9.17) is 0 Å². The van der Waals surface area contributed by atoms with Crippen molar-refractivity contribution in [3.05, 3.63) is 22.9 Å². The molecule has 2 aliphatic heterocycles. The van der Waals surface area contributed by atoms with Crippen LogP contribution < -0.4 is 4.90 Å². The minimum Gasteiger partial charge on any atom is -0.465 e. The van der Waals surface area contributed by atoms with E-state index in [0.717, 1.165) is 16.7 Å². The number of likely N-dealkylation sites (tertiary alicyclic amines) is 1. The molecule has 1 amide bonds. The lowest BCUT2D eigenvalue weighted by atomic mass is 9.58. The van der Waals surface area contributed by atoms with Gasteiger partial charge in [-0.2, -0.15) is 0 Å². The van der Waals surface area contributed by atoms with Crippen LogP contribution >= 0.6 is 15.9 Å². The topological polar surface area (TPSA) is 56.7 Å². The molecule has 0 aromatic carbocycles. The summed E-state index contributed by atoms with van der Waals surface area (Å²) in [7, 11) is 0. The second-order valence-electron chi connectivity index (χ2n) is 7.07. The summed E-state index contributed by atoms with van der Waals surface area (Å²) >= 11 is 3.45. The highest BCUT2D eigenvalue weighted by molar-refractivity contribution is 9.10. The predicted molar refractivity (Wildman–Crippen MR) is 84.6 cm³/mol. The molecule has 2 fully saturated rings. The van der Waals surface area contributed by atoms with Gasteiger partial charge in [0.1, 0.15) is 0 Å². The van der Waals surface area contributed by atoms with Gasteiger partial charge in [0, 0.05) is 35.7 Å². The fourth-order valence-corrected chi connectivity index (χ4v) is 4.05. The number of hydrogen-bond donors (Lipinski definition) is 1. The van der Waals surface area contributed by atoms with Gasteiger partial charge in [0.25, 0.3) is 0 Å². The van der Waals surface area contributed by atoms with Crippen LogP contribution in [0.15, 0.2) is 22.9 Å². The zero-order chi connectivity index (χ0) is 15.4. The predicted octanol–water partition coefficient (Wildman–Crippen LogP) is 3.06. The summed E-state index contributed by atoms with van der Waals surface area (Å²) in [6.07, 6.45) is 2.79. The largest absolute Gasteiger partial charge is 0.465 e. The van der Waals surface area contributed by atoms with Gasteiger partial charge in [-0.3, -0.25) is 4.98 Å². The molecule has 0 saturated carbocycles. The lowest BCUT2D eigenvalue weighted by Gasteiger charge is -2.60. The number of pyridine rings is 1. The molecule has 0 unspecified atom stereocenters. The maximum Gasteiger partial charge on any atom is 0.407 e. The summed E-state index contributed by atoms with van der Waals surface area (Å²) < 4.78 is 0.946. The zero-order valence-corrected chi connectivity index (χ0v) is 14.1. The highest BCUT2D eigenvalue weighted by Crippen LogP contribution is 2.56. The van der Waals surface area contributed by atoms with E-state index in [-0.39, 0.29) is 16.9 Å². The minimum atomic E-state index is -0.819.